The molecule has 0 aliphatic heterocycles. The van der Waals surface area contributed by atoms with Crippen molar-refractivity contribution >= 4 is 39.9 Å². The van der Waals surface area contributed by atoms with Gasteiger partial charge in [-0.3, -0.25) is 9.59 Å². The first-order valence-corrected chi connectivity index (χ1v) is 11.4. The van der Waals surface area contributed by atoms with Crippen LogP contribution in [0.15, 0.2) is 53.3 Å². The summed E-state index contributed by atoms with van der Waals surface area (Å²) in [7, 11) is 0. The molecular formula is C25H25ClN4O4. The zero-order chi connectivity index (χ0) is 24.5. The van der Waals surface area contributed by atoms with Gasteiger partial charge in [0.25, 0.3) is 11.5 Å². The summed E-state index contributed by atoms with van der Waals surface area (Å²) in [6, 6.07) is 15.3. The molecule has 34 heavy (non-hydrogen) atoms. The number of carbonyl (C=O) groups excluding carboxylic acids is 2. The Labute approximate surface area is 202 Å². The number of halogens is 1. The summed E-state index contributed by atoms with van der Waals surface area (Å²) in [5.74, 6) is -1.31. The lowest BCUT2D eigenvalue weighted by atomic mass is 10.1. The van der Waals surface area contributed by atoms with Crippen molar-refractivity contribution in [1.29, 1.82) is 5.26 Å². The van der Waals surface area contributed by atoms with E-state index in [1.807, 2.05) is 6.07 Å². The number of nitrogens with zero attached hydrogens (tertiary/aromatic N) is 4. The maximum Gasteiger partial charge on any atom is 0.359 e. The standard InChI is InChI=1S/C25H25ClN4O4/c1-2-3-6-15-30-24(32)21-12-5-4-11-20(21)23(28-30)25(33)34-17-22(31)29(14-8-13-27)19-10-7-9-18(26)16-19/h4-5,7,9-12,16H,2-3,6,8,14-15,17H2,1H3. The van der Waals surface area contributed by atoms with Gasteiger partial charge in [0.1, 0.15) is 0 Å². The van der Waals surface area contributed by atoms with Crippen molar-refractivity contribution in [2.24, 2.45) is 0 Å². The number of aromatic nitrogens is 2. The van der Waals surface area contributed by atoms with E-state index in [2.05, 4.69) is 12.0 Å². The minimum atomic E-state index is -0.805. The van der Waals surface area contributed by atoms with Gasteiger partial charge in [0.2, 0.25) is 0 Å². The van der Waals surface area contributed by atoms with Gasteiger partial charge in [-0.15, -0.1) is 0 Å². The Morgan fingerprint density at radius 1 is 1.15 bits per heavy atom. The van der Waals surface area contributed by atoms with E-state index in [0.717, 1.165) is 19.3 Å². The van der Waals surface area contributed by atoms with E-state index in [1.54, 1.807) is 48.5 Å². The van der Waals surface area contributed by atoms with E-state index in [9.17, 15) is 14.4 Å². The zero-order valence-corrected chi connectivity index (χ0v) is 19.6. The number of unbranched alkanes of at least 4 members (excludes halogenated alkanes) is 2. The third-order valence-corrected chi connectivity index (χ3v) is 5.46. The smallest absolute Gasteiger partial charge is 0.359 e. The van der Waals surface area contributed by atoms with Crippen molar-refractivity contribution in [2.45, 2.75) is 39.2 Å². The molecule has 1 amide bonds. The number of nitriles is 1. The molecule has 176 valence electrons. The number of benzene rings is 2. The predicted molar refractivity (Wildman–Crippen MR) is 130 cm³/mol. The minimum absolute atomic E-state index is 0.0224. The fraction of sp³-hybridized carbons (Fsp3) is 0.320. The number of fused-ring (bicyclic) bond motifs is 1. The minimum Gasteiger partial charge on any atom is -0.451 e. The van der Waals surface area contributed by atoms with E-state index < -0.39 is 18.5 Å². The highest BCUT2D eigenvalue weighted by atomic mass is 35.5. The summed E-state index contributed by atoms with van der Waals surface area (Å²) in [5, 5.41) is 14.4. The number of amides is 1. The van der Waals surface area contributed by atoms with E-state index in [-0.39, 0.29) is 24.2 Å². The molecule has 0 spiro atoms. The molecule has 9 heteroatoms. The number of hydrogen-bond acceptors (Lipinski definition) is 6. The van der Waals surface area contributed by atoms with Crippen molar-refractivity contribution in [3.05, 3.63) is 69.6 Å². The van der Waals surface area contributed by atoms with Gasteiger partial charge < -0.3 is 9.64 Å². The second-order valence-electron chi connectivity index (χ2n) is 7.64. The molecule has 0 bridgehead atoms. The molecule has 0 unspecified atom stereocenters. The summed E-state index contributed by atoms with van der Waals surface area (Å²) >= 11 is 6.04. The quantitative estimate of drug-likeness (QED) is 0.315. The highest BCUT2D eigenvalue weighted by molar-refractivity contribution is 6.30. The van der Waals surface area contributed by atoms with E-state index >= 15 is 0 Å². The molecule has 0 radical (unpaired) electrons. The first kappa shape index (κ1) is 24.9. The number of anilines is 1. The summed E-state index contributed by atoms with van der Waals surface area (Å²) in [5.41, 5.74) is 0.200. The largest absolute Gasteiger partial charge is 0.451 e. The van der Waals surface area contributed by atoms with Crippen molar-refractivity contribution < 1.29 is 14.3 Å². The maximum atomic E-state index is 12.9. The van der Waals surface area contributed by atoms with E-state index in [4.69, 9.17) is 21.6 Å². The van der Waals surface area contributed by atoms with Gasteiger partial charge in [-0.1, -0.05) is 55.6 Å². The first-order valence-electron chi connectivity index (χ1n) is 11.1. The Kier molecular flexibility index (Phi) is 8.77. The Hall–Kier alpha value is -3.70. The fourth-order valence-corrected chi connectivity index (χ4v) is 3.71. The predicted octanol–water partition coefficient (Wildman–Crippen LogP) is 4.34. The van der Waals surface area contributed by atoms with Gasteiger partial charge in [-0.05, 0) is 30.7 Å². The fourth-order valence-electron chi connectivity index (χ4n) is 3.53. The van der Waals surface area contributed by atoms with Gasteiger partial charge in [0.05, 0.1) is 17.9 Å². The van der Waals surface area contributed by atoms with Crippen LogP contribution in [0, 0.1) is 11.3 Å². The number of hydrogen-bond donors (Lipinski definition) is 0. The Morgan fingerprint density at radius 2 is 1.91 bits per heavy atom. The average molecular weight is 481 g/mol. The zero-order valence-electron chi connectivity index (χ0n) is 18.9. The average Bonchev–Trinajstić information content (AvgIpc) is 2.84. The highest BCUT2D eigenvalue weighted by Crippen LogP contribution is 2.20. The van der Waals surface area contributed by atoms with E-state index in [1.165, 1.54) is 9.58 Å². The summed E-state index contributed by atoms with van der Waals surface area (Å²) in [6.45, 7) is 2.01. The summed E-state index contributed by atoms with van der Waals surface area (Å²) in [6.07, 6.45) is 2.76. The second-order valence-corrected chi connectivity index (χ2v) is 8.08. The van der Waals surface area contributed by atoms with Crippen LogP contribution in [-0.2, 0) is 16.1 Å². The van der Waals surface area contributed by atoms with Crippen molar-refractivity contribution in [3.8, 4) is 6.07 Å². The van der Waals surface area contributed by atoms with Crippen molar-refractivity contribution in [1.82, 2.24) is 9.78 Å². The van der Waals surface area contributed by atoms with Gasteiger partial charge in [0, 0.05) is 29.2 Å². The molecule has 8 nitrogen and oxygen atoms in total. The molecule has 0 aliphatic carbocycles. The monoisotopic (exact) mass is 480 g/mol. The van der Waals surface area contributed by atoms with Crippen LogP contribution >= 0.6 is 11.6 Å². The molecule has 1 aromatic heterocycles. The lowest BCUT2D eigenvalue weighted by Crippen LogP contribution is -2.36. The topological polar surface area (TPSA) is 105 Å². The molecule has 0 N–H and O–H groups in total. The number of aryl methyl sites for hydroxylation is 1. The number of ether oxygens (including phenoxy) is 1. The molecule has 0 saturated carbocycles. The van der Waals surface area contributed by atoms with Crippen LogP contribution in [-0.4, -0.2) is 34.8 Å². The number of carbonyl (C=O) groups is 2. The number of esters is 1. The van der Waals surface area contributed by atoms with Crippen LogP contribution in [0.25, 0.3) is 10.8 Å². The normalized spacial score (nSPS) is 10.6. The lowest BCUT2D eigenvalue weighted by molar-refractivity contribution is -0.121. The molecule has 0 saturated heterocycles. The third-order valence-electron chi connectivity index (χ3n) is 5.23. The van der Waals surface area contributed by atoms with Crippen LogP contribution < -0.4 is 10.5 Å². The maximum absolute atomic E-state index is 12.9. The molecule has 0 aliphatic rings. The van der Waals surface area contributed by atoms with Crippen molar-refractivity contribution in [2.75, 3.05) is 18.1 Å². The van der Waals surface area contributed by atoms with E-state index in [0.29, 0.717) is 28.0 Å². The third kappa shape index (κ3) is 6.00. The Morgan fingerprint density at radius 3 is 2.62 bits per heavy atom. The van der Waals surface area contributed by atoms with Crippen LogP contribution in [0.2, 0.25) is 5.02 Å². The molecule has 0 atom stereocenters. The SMILES string of the molecule is CCCCCn1nc(C(=O)OCC(=O)N(CCC#N)c2cccc(Cl)c2)c2ccccc2c1=O. The van der Waals surface area contributed by atoms with Gasteiger partial charge >= 0.3 is 5.97 Å². The molecule has 3 aromatic rings. The summed E-state index contributed by atoms with van der Waals surface area (Å²) < 4.78 is 6.59. The lowest BCUT2D eigenvalue weighted by Gasteiger charge is -2.22. The van der Waals surface area contributed by atoms with Crippen LogP contribution in [0.3, 0.4) is 0 Å². The second kappa shape index (κ2) is 12.0. The molecule has 2 aromatic carbocycles. The van der Waals surface area contributed by atoms with Crippen LogP contribution in [0.4, 0.5) is 5.69 Å². The molecular weight excluding hydrogens is 456 g/mol. The molecule has 1 heterocycles. The Balaban J connectivity index is 1.83. The first-order chi connectivity index (χ1) is 16.5. The van der Waals surface area contributed by atoms with Gasteiger partial charge in [-0.2, -0.15) is 10.4 Å². The van der Waals surface area contributed by atoms with Crippen LogP contribution in [0.5, 0.6) is 0 Å². The van der Waals surface area contributed by atoms with Crippen molar-refractivity contribution in [3.63, 3.8) is 0 Å². The molecule has 3 rings (SSSR count). The molecule has 0 fully saturated rings. The Bertz CT molecular complexity index is 1280. The van der Waals surface area contributed by atoms with Gasteiger partial charge in [0.15, 0.2) is 12.3 Å². The van der Waals surface area contributed by atoms with Crippen LogP contribution in [0.1, 0.15) is 43.1 Å². The number of rotatable bonds is 10. The van der Waals surface area contributed by atoms with Gasteiger partial charge in [-0.25, -0.2) is 9.48 Å². The summed E-state index contributed by atoms with van der Waals surface area (Å²) in [4.78, 5) is 40.0. The highest BCUT2D eigenvalue weighted by Gasteiger charge is 2.22.